The number of nitrogens with zero attached hydrogens (tertiary/aromatic N) is 1. The highest BCUT2D eigenvalue weighted by atomic mass is 28.4. The fourth-order valence-electron chi connectivity index (χ4n) is 1.54. The molecule has 3 rings (SSSR count). The van der Waals surface area contributed by atoms with E-state index >= 15 is 0 Å². The molecule has 5 nitrogen and oxygen atoms in total. The van der Waals surface area contributed by atoms with Crippen molar-refractivity contribution in [3.05, 3.63) is 12.3 Å². The topological polar surface area (TPSA) is 48.0 Å². The van der Waals surface area contributed by atoms with Gasteiger partial charge in [-0.15, -0.1) is 0 Å². The number of hydrogen-bond donors (Lipinski definition) is 0. The third kappa shape index (κ3) is 1.88. The second-order valence-electron chi connectivity index (χ2n) is 3.25. The minimum atomic E-state index is -2.88. The molecule has 6 heteroatoms. The van der Waals surface area contributed by atoms with Crippen LogP contribution < -0.4 is 0 Å². The summed E-state index contributed by atoms with van der Waals surface area (Å²) in [7, 11) is -2.88. The molecule has 0 N–H and O–H groups in total. The lowest BCUT2D eigenvalue weighted by molar-refractivity contribution is -0.144. The predicted molar refractivity (Wildman–Crippen MR) is 50.4 cm³/mol. The van der Waals surface area contributed by atoms with Crippen LogP contribution in [0.15, 0.2) is 12.3 Å². The first kappa shape index (κ1) is 9.85. The van der Waals surface area contributed by atoms with Crippen LogP contribution in [0.4, 0.5) is 0 Å². The number of carbonyl (C=O) groups is 1. The van der Waals surface area contributed by atoms with Crippen LogP contribution in [0.1, 0.15) is 0 Å². The van der Waals surface area contributed by atoms with Crippen LogP contribution in [0.25, 0.3) is 0 Å². The number of carbonyl (C=O) groups excluding carboxylic acids is 1. The average molecular weight is 215 g/mol. The summed E-state index contributed by atoms with van der Waals surface area (Å²) in [6.07, 6.45) is 0. The molecule has 0 radical (unpaired) electrons. The van der Waals surface area contributed by atoms with Crippen molar-refractivity contribution in [1.82, 2.24) is 4.90 Å². The summed E-state index contributed by atoms with van der Waals surface area (Å²) in [6.45, 7) is 6.52. The van der Waals surface area contributed by atoms with Gasteiger partial charge < -0.3 is 13.3 Å². The van der Waals surface area contributed by atoms with Gasteiger partial charge in [0.05, 0.1) is 19.8 Å². The molecule has 0 unspecified atom stereocenters. The minimum absolute atomic E-state index is 0.282. The maximum absolute atomic E-state index is 11.4. The van der Waals surface area contributed by atoms with Gasteiger partial charge in [0.2, 0.25) is 0 Å². The van der Waals surface area contributed by atoms with Crippen LogP contribution in [0, 0.1) is 0 Å². The van der Waals surface area contributed by atoms with E-state index in [1.165, 1.54) is 5.70 Å². The quantitative estimate of drug-likeness (QED) is 0.555. The lowest BCUT2D eigenvalue weighted by Crippen LogP contribution is -2.55. The van der Waals surface area contributed by atoms with Gasteiger partial charge in [-0.3, -0.25) is 9.69 Å². The molecule has 78 valence electrons. The molecule has 3 heterocycles. The van der Waals surface area contributed by atoms with Crippen LogP contribution in [0.2, 0.25) is 0 Å². The SMILES string of the molecule is C=C[Si]12OCCN(CCO1)CC(=O)O2. The minimum Gasteiger partial charge on any atom is -0.469 e. The van der Waals surface area contributed by atoms with E-state index in [2.05, 4.69) is 6.58 Å². The Morgan fingerprint density at radius 2 is 2.00 bits per heavy atom. The summed E-state index contributed by atoms with van der Waals surface area (Å²) in [5.41, 5.74) is 1.52. The summed E-state index contributed by atoms with van der Waals surface area (Å²) >= 11 is 0. The zero-order chi connectivity index (χ0) is 10.0. The number of rotatable bonds is 1. The van der Waals surface area contributed by atoms with E-state index in [0.29, 0.717) is 19.8 Å². The molecule has 0 aromatic heterocycles. The van der Waals surface area contributed by atoms with Crippen molar-refractivity contribution < 1.29 is 18.1 Å². The Morgan fingerprint density at radius 1 is 1.36 bits per heavy atom. The highest BCUT2D eigenvalue weighted by Crippen LogP contribution is 2.16. The highest BCUT2D eigenvalue weighted by molar-refractivity contribution is 6.67. The van der Waals surface area contributed by atoms with Gasteiger partial charge in [0.15, 0.2) is 0 Å². The summed E-state index contributed by atoms with van der Waals surface area (Å²) in [5, 5.41) is 0. The molecule has 3 fully saturated rings. The van der Waals surface area contributed by atoms with Gasteiger partial charge in [0, 0.05) is 13.1 Å². The van der Waals surface area contributed by atoms with Gasteiger partial charge in [-0.25, -0.2) is 0 Å². The molecule has 0 spiro atoms. The van der Waals surface area contributed by atoms with Gasteiger partial charge in [-0.05, 0) is 5.70 Å². The Bertz CT molecular complexity index is 248. The first-order chi connectivity index (χ1) is 6.74. The Balaban J connectivity index is 2.21. The molecule has 2 bridgehead atoms. The largest absolute Gasteiger partial charge is 0.596 e. The Morgan fingerprint density at radius 3 is 2.57 bits per heavy atom. The van der Waals surface area contributed by atoms with Gasteiger partial charge in [0.1, 0.15) is 0 Å². The van der Waals surface area contributed by atoms with E-state index in [9.17, 15) is 4.79 Å². The van der Waals surface area contributed by atoms with E-state index in [1.54, 1.807) is 0 Å². The molecule has 0 amide bonds. The molecule has 3 saturated heterocycles. The van der Waals surface area contributed by atoms with Crippen LogP contribution >= 0.6 is 0 Å². The first-order valence-corrected chi connectivity index (χ1v) is 6.40. The molecule has 0 aliphatic carbocycles. The van der Waals surface area contributed by atoms with Crippen LogP contribution in [0.3, 0.4) is 0 Å². The molecular formula is C8H13NO4Si. The lowest BCUT2D eigenvalue weighted by Gasteiger charge is -2.35. The normalized spacial score (nSPS) is 38.0. The standard InChI is InChI=1S/C8H13NO4Si/c1-2-14-11-5-3-9(4-6-12-14)7-8(10)13-14/h2H,1,3-7H2. The van der Waals surface area contributed by atoms with Crippen molar-refractivity contribution in [1.29, 1.82) is 0 Å². The van der Waals surface area contributed by atoms with Crippen molar-refractivity contribution in [3.8, 4) is 0 Å². The van der Waals surface area contributed by atoms with E-state index in [1.807, 2.05) is 4.90 Å². The molecular weight excluding hydrogens is 202 g/mol. The van der Waals surface area contributed by atoms with Crippen molar-refractivity contribution >= 4 is 14.8 Å². The molecule has 0 saturated carbocycles. The van der Waals surface area contributed by atoms with Crippen molar-refractivity contribution in [2.75, 3.05) is 32.8 Å². The van der Waals surface area contributed by atoms with E-state index in [4.69, 9.17) is 13.3 Å². The zero-order valence-corrected chi connectivity index (χ0v) is 8.90. The van der Waals surface area contributed by atoms with Crippen molar-refractivity contribution in [2.24, 2.45) is 0 Å². The van der Waals surface area contributed by atoms with Gasteiger partial charge in [-0.1, -0.05) is 6.58 Å². The molecule has 0 aromatic carbocycles. The van der Waals surface area contributed by atoms with Crippen LogP contribution in [-0.2, 0) is 18.1 Å². The zero-order valence-electron chi connectivity index (χ0n) is 7.90. The monoisotopic (exact) mass is 215 g/mol. The van der Waals surface area contributed by atoms with Gasteiger partial charge in [0.25, 0.3) is 0 Å². The Hall–Kier alpha value is -0.693. The number of hydrogen-bond acceptors (Lipinski definition) is 5. The second kappa shape index (κ2) is 3.82. The molecule has 0 aromatic rings. The average Bonchev–Trinajstić information content (AvgIpc) is 2.08. The lowest BCUT2D eigenvalue weighted by atomic mass is 10.4. The fourth-order valence-corrected chi connectivity index (χ4v) is 3.19. The summed E-state index contributed by atoms with van der Waals surface area (Å²) < 4.78 is 16.1. The van der Waals surface area contributed by atoms with E-state index in [-0.39, 0.29) is 5.97 Å². The molecule has 0 atom stereocenters. The summed E-state index contributed by atoms with van der Waals surface area (Å²) in [5.74, 6) is -0.282. The highest BCUT2D eigenvalue weighted by Gasteiger charge is 2.45. The first-order valence-electron chi connectivity index (χ1n) is 4.60. The maximum Gasteiger partial charge on any atom is 0.596 e. The van der Waals surface area contributed by atoms with E-state index in [0.717, 1.165) is 13.1 Å². The van der Waals surface area contributed by atoms with E-state index < -0.39 is 8.80 Å². The van der Waals surface area contributed by atoms with Gasteiger partial charge in [-0.2, -0.15) is 0 Å². The third-order valence-electron chi connectivity index (χ3n) is 2.28. The molecule has 3 aliphatic heterocycles. The molecule has 14 heavy (non-hydrogen) atoms. The third-order valence-corrected chi connectivity index (χ3v) is 4.51. The second-order valence-corrected chi connectivity index (χ2v) is 5.65. The van der Waals surface area contributed by atoms with Crippen molar-refractivity contribution in [3.63, 3.8) is 0 Å². The Kier molecular flexibility index (Phi) is 2.68. The summed E-state index contributed by atoms with van der Waals surface area (Å²) in [4.78, 5) is 13.3. The maximum atomic E-state index is 11.4. The fraction of sp³-hybridized carbons (Fsp3) is 0.625. The summed E-state index contributed by atoms with van der Waals surface area (Å²) in [6, 6.07) is 0. The smallest absolute Gasteiger partial charge is 0.469 e. The Labute approximate surface area is 83.6 Å². The molecule has 3 aliphatic rings. The van der Waals surface area contributed by atoms with Crippen LogP contribution in [-0.4, -0.2) is 52.5 Å². The van der Waals surface area contributed by atoms with Crippen LogP contribution in [0.5, 0.6) is 0 Å². The van der Waals surface area contributed by atoms with Gasteiger partial charge >= 0.3 is 14.8 Å². The predicted octanol–water partition coefficient (Wildman–Crippen LogP) is -0.444. The van der Waals surface area contributed by atoms with Crippen molar-refractivity contribution in [2.45, 2.75) is 0 Å². The number of fused-ring (bicyclic) bond motifs is 6.